The van der Waals surface area contributed by atoms with E-state index in [2.05, 4.69) is 0 Å². The van der Waals surface area contributed by atoms with Gasteiger partial charge in [-0.3, -0.25) is 4.57 Å². The number of ether oxygens (including phenoxy) is 1. The molecule has 1 aromatic carbocycles. The number of hydrogen-bond donors (Lipinski definition) is 1. The van der Waals surface area contributed by atoms with Crippen LogP contribution >= 0.6 is 0 Å². The van der Waals surface area contributed by atoms with Gasteiger partial charge in [-0.2, -0.15) is 5.26 Å². The SMILES string of the molecule is COC(=O)c1c(C)c(C#N)c(N)n1-c1ccccc1. The second-order valence-corrected chi connectivity index (χ2v) is 4.01. The Bertz CT molecular complexity index is 666. The molecule has 5 heteroatoms. The van der Waals surface area contributed by atoms with E-state index in [-0.39, 0.29) is 11.5 Å². The molecular weight excluding hydrogens is 242 g/mol. The monoisotopic (exact) mass is 255 g/mol. The van der Waals surface area contributed by atoms with Crippen LogP contribution in [0, 0.1) is 18.3 Å². The van der Waals surface area contributed by atoms with Crippen molar-refractivity contribution in [3.8, 4) is 11.8 Å². The first-order valence-corrected chi connectivity index (χ1v) is 5.66. The van der Waals surface area contributed by atoms with Crippen LogP contribution in [0.3, 0.4) is 0 Å². The van der Waals surface area contributed by atoms with Crippen molar-refractivity contribution in [1.29, 1.82) is 5.26 Å². The van der Waals surface area contributed by atoms with Gasteiger partial charge in [-0.15, -0.1) is 0 Å². The van der Waals surface area contributed by atoms with E-state index in [1.54, 1.807) is 11.5 Å². The van der Waals surface area contributed by atoms with Crippen molar-refractivity contribution in [2.24, 2.45) is 0 Å². The molecule has 0 aliphatic rings. The second-order valence-electron chi connectivity index (χ2n) is 4.01. The number of anilines is 1. The number of aromatic nitrogens is 1. The number of methoxy groups -OCH3 is 1. The molecule has 0 amide bonds. The van der Waals surface area contributed by atoms with Crippen molar-refractivity contribution >= 4 is 11.8 Å². The summed E-state index contributed by atoms with van der Waals surface area (Å²) in [5, 5.41) is 9.14. The fourth-order valence-corrected chi connectivity index (χ4v) is 2.04. The molecule has 1 heterocycles. The maximum atomic E-state index is 11.9. The Kier molecular flexibility index (Phi) is 3.25. The number of carbonyl (C=O) groups excluding carboxylic acids is 1. The standard InChI is InChI=1S/C14H13N3O2/c1-9-11(8-15)13(16)17(12(9)14(18)19-2)10-6-4-3-5-7-10/h3-7H,16H2,1-2H3. The highest BCUT2D eigenvalue weighted by molar-refractivity contribution is 5.93. The first-order valence-electron chi connectivity index (χ1n) is 5.66. The minimum atomic E-state index is -0.519. The smallest absolute Gasteiger partial charge is 0.355 e. The minimum Gasteiger partial charge on any atom is -0.464 e. The summed E-state index contributed by atoms with van der Waals surface area (Å²) < 4.78 is 6.31. The average Bonchev–Trinajstić information content (AvgIpc) is 2.69. The molecule has 0 radical (unpaired) electrons. The molecule has 0 saturated carbocycles. The van der Waals surface area contributed by atoms with Crippen LogP contribution in [0.15, 0.2) is 30.3 Å². The largest absolute Gasteiger partial charge is 0.464 e. The molecule has 19 heavy (non-hydrogen) atoms. The molecule has 0 fully saturated rings. The lowest BCUT2D eigenvalue weighted by molar-refractivity contribution is 0.0591. The molecule has 0 atom stereocenters. The van der Waals surface area contributed by atoms with Gasteiger partial charge in [-0.1, -0.05) is 18.2 Å². The normalized spacial score (nSPS) is 9.95. The first kappa shape index (κ1) is 12.7. The van der Waals surface area contributed by atoms with E-state index in [0.717, 1.165) is 0 Å². The Morgan fingerprint density at radius 1 is 1.37 bits per heavy atom. The van der Waals surface area contributed by atoms with Crippen LogP contribution in [-0.4, -0.2) is 17.6 Å². The van der Waals surface area contributed by atoms with Crippen molar-refractivity contribution in [3.05, 3.63) is 47.2 Å². The van der Waals surface area contributed by atoms with Crippen molar-refractivity contribution in [3.63, 3.8) is 0 Å². The number of nitriles is 1. The van der Waals surface area contributed by atoms with Crippen LogP contribution in [0.4, 0.5) is 5.82 Å². The van der Waals surface area contributed by atoms with E-state index >= 15 is 0 Å². The summed E-state index contributed by atoms with van der Waals surface area (Å²) in [6, 6.07) is 11.2. The molecule has 0 unspecified atom stereocenters. The zero-order valence-electron chi connectivity index (χ0n) is 10.7. The number of nitrogens with two attached hydrogens (primary N) is 1. The van der Waals surface area contributed by atoms with Gasteiger partial charge in [0.05, 0.1) is 12.7 Å². The fourth-order valence-electron chi connectivity index (χ4n) is 2.04. The molecular formula is C14H13N3O2. The summed E-state index contributed by atoms with van der Waals surface area (Å²) in [6.07, 6.45) is 0. The number of rotatable bonds is 2. The molecule has 0 aliphatic carbocycles. The minimum absolute atomic E-state index is 0.242. The van der Waals surface area contributed by atoms with Crippen LogP contribution in [0.1, 0.15) is 21.6 Å². The summed E-state index contributed by atoms with van der Waals surface area (Å²) in [7, 11) is 1.30. The third-order valence-corrected chi connectivity index (χ3v) is 2.96. The number of carbonyl (C=O) groups is 1. The Morgan fingerprint density at radius 3 is 2.53 bits per heavy atom. The quantitative estimate of drug-likeness (QED) is 0.832. The molecule has 2 aromatic rings. The number of esters is 1. The van der Waals surface area contributed by atoms with Gasteiger partial charge >= 0.3 is 5.97 Å². The number of para-hydroxylation sites is 1. The number of nitrogen functional groups attached to an aromatic ring is 1. The van der Waals surface area contributed by atoms with E-state index in [0.29, 0.717) is 16.8 Å². The molecule has 0 spiro atoms. The maximum absolute atomic E-state index is 11.9. The lowest BCUT2D eigenvalue weighted by Crippen LogP contribution is -2.12. The van der Waals surface area contributed by atoms with Crippen LogP contribution in [0.25, 0.3) is 5.69 Å². The van der Waals surface area contributed by atoms with E-state index < -0.39 is 5.97 Å². The van der Waals surface area contributed by atoms with Gasteiger partial charge in [0, 0.05) is 11.3 Å². The highest BCUT2D eigenvalue weighted by Crippen LogP contribution is 2.28. The Morgan fingerprint density at radius 2 is 2.00 bits per heavy atom. The number of benzene rings is 1. The van der Waals surface area contributed by atoms with Gasteiger partial charge in [-0.05, 0) is 19.1 Å². The topological polar surface area (TPSA) is 81.0 Å². The predicted octanol–water partition coefficient (Wildman–Crippen LogP) is 2.03. The summed E-state index contributed by atoms with van der Waals surface area (Å²) in [6.45, 7) is 1.68. The van der Waals surface area contributed by atoms with E-state index in [9.17, 15) is 4.79 Å². The lowest BCUT2D eigenvalue weighted by atomic mass is 10.2. The van der Waals surface area contributed by atoms with Gasteiger partial charge in [0.15, 0.2) is 0 Å². The highest BCUT2D eigenvalue weighted by Gasteiger charge is 2.24. The number of hydrogen-bond acceptors (Lipinski definition) is 4. The zero-order valence-corrected chi connectivity index (χ0v) is 10.7. The summed E-state index contributed by atoms with van der Waals surface area (Å²) in [5.41, 5.74) is 7.79. The van der Waals surface area contributed by atoms with Gasteiger partial charge in [0.2, 0.25) is 0 Å². The average molecular weight is 255 g/mol. The summed E-state index contributed by atoms with van der Waals surface area (Å²) >= 11 is 0. The molecule has 96 valence electrons. The predicted molar refractivity (Wildman–Crippen MR) is 71.0 cm³/mol. The van der Waals surface area contributed by atoms with Crippen LogP contribution in [-0.2, 0) is 4.74 Å². The third kappa shape index (κ3) is 1.93. The number of nitrogens with zero attached hydrogens (tertiary/aromatic N) is 2. The first-order chi connectivity index (χ1) is 9.11. The van der Waals surface area contributed by atoms with Crippen molar-refractivity contribution < 1.29 is 9.53 Å². The van der Waals surface area contributed by atoms with Crippen molar-refractivity contribution in [2.75, 3.05) is 12.8 Å². The summed E-state index contributed by atoms with van der Waals surface area (Å²) in [5.74, 6) is -0.277. The molecule has 2 N–H and O–H groups in total. The maximum Gasteiger partial charge on any atom is 0.355 e. The van der Waals surface area contributed by atoms with Gasteiger partial charge in [0.1, 0.15) is 17.6 Å². The van der Waals surface area contributed by atoms with Crippen LogP contribution < -0.4 is 5.73 Å². The molecule has 0 aliphatic heterocycles. The molecule has 1 aromatic heterocycles. The van der Waals surface area contributed by atoms with Gasteiger partial charge in [-0.25, -0.2) is 4.79 Å². The Hall–Kier alpha value is -2.74. The lowest BCUT2D eigenvalue weighted by Gasteiger charge is -2.10. The third-order valence-electron chi connectivity index (χ3n) is 2.96. The molecule has 5 nitrogen and oxygen atoms in total. The van der Waals surface area contributed by atoms with Gasteiger partial charge in [0.25, 0.3) is 0 Å². The van der Waals surface area contributed by atoms with E-state index in [1.807, 2.05) is 36.4 Å². The zero-order chi connectivity index (χ0) is 14.0. The molecule has 0 bridgehead atoms. The van der Waals surface area contributed by atoms with Crippen molar-refractivity contribution in [1.82, 2.24) is 4.57 Å². The van der Waals surface area contributed by atoms with E-state index in [4.69, 9.17) is 15.7 Å². The second kappa shape index (κ2) is 4.86. The van der Waals surface area contributed by atoms with Crippen LogP contribution in [0.2, 0.25) is 0 Å². The Labute approximate surface area is 110 Å². The fraction of sp³-hybridized carbons (Fsp3) is 0.143. The molecule has 2 rings (SSSR count). The van der Waals surface area contributed by atoms with Gasteiger partial charge < -0.3 is 10.5 Å². The summed E-state index contributed by atoms with van der Waals surface area (Å²) in [4.78, 5) is 11.9. The van der Waals surface area contributed by atoms with Crippen molar-refractivity contribution in [2.45, 2.75) is 6.92 Å². The Balaban J connectivity index is 2.80. The van der Waals surface area contributed by atoms with E-state index in [1.165, 1.54) is 7.11 Å². The van der Waals surface area contributed by atoms with Crippen LogP contribution in [0.5, 0.6) is 0 Å². The highest BCUT2D eigenvalue weighted by atomic mass is 16.5. The molecule has 0 saturated heterocycles.